The molecule has 2 atom stereocenters. The molecule has 0 bridgehead atoms. The molecule has 0 aromatic rings. The number of hydrogen-bond donors (Lipinski definition) is 3. The van der Waals surface area contributed by atoms with Gasteiger partial charge in [0.2, 0.25) is 5.91 Å². The van der Waals surface area contributed by atoms with Crippen LogP contribution < -0.4 is 10.6 Å². The van der Waals surface area contributed by atoms with Crippen molar-refractivity contribution in [3.8, 4) is 0 Å². The number of hydrogen-bond acceptors (Lipinski definition) is 3. The van der Waals surface area contributed by atoms with Crippen molar-refractivity contribution in [1.29, 1.82) is 0 Å². The highest BCUT2D eigenvalue weighted by Gasteiger charge is 2.14. The van der Waals surface area contributed by atoms with Gasteiger partial charge in [0.25, 0.3) is 0 Å². The fourth-order valence-electron chi connectivity index (χ4n) is 1.69. The maximum atomic E-state index is 11.6. The van der Waals surface area contributed by atoms with Gasteiger partial charge in [-0.05, 0) is 40.5 Å². The van der Waals surface area contributed by atoms with Crippen LogP contribution in [-0.2, 0) is 9.59 Å². The predicted octanol–water partition coefficient (Wildman–Crippen LogP) is 1.77. The normalized spacial score (nSPS) is 14.8. The number of carboxylic acids is 1. The van der Waals surface area contributed by atoms with Gasteiger partial charge in [0.1, 0.15) is 0 Å². The molecule has 112 valence electrons. The minimum Gasteiger partial charge on any atom is -0.481 e. The molecule has 5 heteroatoms. The zero-order valence-electron chi connectivity index (χ0n) is 12.7. The number of carbonyl (C=O) groups is 2. The zero-order chi connectivity index (χ0) is 15.1. The molecule has 0 aromatic heterocycles. The van der Waals surface area contributed by atoms with Gasteiger partial charge in [-0.1, -0.05) is 13.3 Å². The van der Waals surface area contributed by atoms with Gasteiger partial charge in [-0.25, -0.2) is 0 Å². The Balaban J connectivity index is 3.73. The molecule has 0 rings (SSSR count). The summed E-state index contributed by atoms with van der Waals surface area (Å²) in [5, 5.41) is 14.8. The smallest absolute Gasteiger partial charge is 0.306 e. The fraction of sp³-hybridized carbons (Fsp3) is 0.857. The molecular formula is C14H28N2O3. The molecular weight excluding hydrogens is 244 g/mol. The van der Waals surface area contributed by atoms with Crippen LogP contribution in [-0.4, -0.2) is 35.1 Å². The molecule has 3 N–H and O–H groups in total. The van der Waals surface area contributed by atoms with Crippen LogP contribution in [0.3, 0.4) is 0 Å². The molecule has 0 fully saturated rings. The topological polar surface area (TPSA) is 78.4 Å². The minimum atomic E-state index is -0.745. The number of carboxylic acid groups (broad SMARTS) is 1. The van der Waals surface area contributed by atoms with Gasteiger partial charge in [0.05, 0.1) is 12.5 Å². The van der Waals surface area contributed by atoms with Crippen molar-refractivity contribution < 1.29 is 14.7 Å². The maximum absolute atomic E-state index is 11.6. The zero-order valence-corrected chi connectivity index (χ0v) is 12.7. The highest BCUT2D eigenvalue weighted by atomic mass is 16.4. The van der Waals surface area contributed by atoms with Gasteiger partial charge < -0.3 is 15.7 Å². The standard InChI is InChI=1S/C14H28N2O3/c1-10(13(18)19)7-6-8-11(2)15-9-12(17)16-14(3,4)5/h10-11,15H,6-9H2,1-5H3,(H,16,17)(H,18,19). The first-order chi connectivity index (χ1) is 8.61. The summed E-state index contributed by atoms with van der Waals surface area (Å²) in [6.45, 7) is 9.87. The van der Waals surface area contributed by atoms with Crippen LogP contribution in [0.5, 0.6) is 0 Å². The second kappa shape index (κ2) is 8.15. The van der Waals surface area contributed by atoms with E-state index in [2.05, 4.69) is 10.6 Å². The summed E-state index contributed by atoms with van der Waals surface area (Å²) in [5.41, 5.74) is -0.209. The fourth-order valence-corrected chi connectivity index (χ4v) is 1.69. The van der Waals surface area contributed by atoms with Crippen LogP contribution in [0, 0.1) is 5.92 Å². The molecule has 0 saturated carbocycles. The van der Waals surface area contributed by atoms with E-state index >= 15 is 0 Å². The van der Waals surface area contributed by atoms with Gasteiger partial charge in [-0.2, -0.15) is 0 Å². The van der Waals surface area contributed by atoms with Gasteiger partial charge in [0.15, 0.2) is 0 Å². The van der Waals surface area contributed by atoms with Crippen LogP contribution in [0.25, 0.3) is 0 Å². The van der Waals surface area contributed by atoms with Crippen LogP contribution in [0.2, 0.25) is 0 Å². The Bertz CT molecular complexity index is 298. The van der Waals surface area contributed by atoms with Crippen LogP contribution in [0.4, 0.5) is 0 Å². The van der Waals surface area contributed by atoms with E-state index in [0.29, 0.717) is 13.0 Å². The lowest BCUT2D eigenvalue weighted by molar-refractivity contribution is -0.141. The van der Waals surface area contributed by atoms with E-state index in [-0.39, 0.29) is 23.4 Å². The van der Waals surface area contributed by atoms with Crippen molar-refractivity contribution in [3.63, 3.8) is 0 Å². The lowest BCUT2D eigenvalue weighted by atomic mass is 10.0. The average molecular weight is 272 g/mol. The van der Waals surface area contributed by atoms with E-state index in [1.54, 1.807) is 6.92 Å². The summed E-state index contributed by atoms with van der Waals surface area (Å²) in [6, 6.07) is 0.215. The first-order valence-corrected chi connectivity index (χ1v) is 6.89. The number of amides is 1. The SMILES string of the molecule is CC(CCCC(C)C(=O)O)NCC(=O)NC(C)(C)C. The molecule has 0 aliphatic carbocycles. The summed E-state index contributed by atoms with van der Waals surface area (Å²) in [4.78, 5) is 22.2. The molecule has 19 heavy (non-hydrogen) atoms. The molecule has 0 aliphatic heterocycles. The molecule has 0 aliphatic rings. The Morgan fingerprint density at radius 1 is 1.16 bits per heavy atom. The van der Waals surface area contributed by atoms with Gasteiger partial charge in [-0.15, -0.1) is 0 Å². The molecule has 0 saturated heterocycles. The maximum Gasteiger partial charge on any atom is 0.306 e. The number of rotatable bonds is 8. The summed E-state index contributed by atoms with van der Waals surface area (Å²) >= 11 is 0. The van der Waals surface area contributed by atoms with Crippen molar-refractivity contribution in [3.05, 3.63) is 0 Å². The molecule has 5 nitrogen and oxygen atoms in total. The molecule has 0 heterocycles. The van der Waals surface area contributed by atoms with E-state index < -0.39 is 5.97 Å². The van der Waals surface area contributed by atoms with Crippen LogP contribution in [0.1, 0.15) is 53.9 Å². The van der Waals surface area contributed by atoms with E-state index in [0.717, 1.165) is 12.8 Å². The number of aliphatic carboxylic acids is 1. The third-order valence-electron chi connectivity index (χ3n) is 2.82. The monoisotopic (exact) mass is 272 g/mol. The minimum absolute atomic E-state index is 0.0155. The van der Waals surface area contributed by atoms with E-state index in [1.165, 1.54) is 0 Å². The Kier molecular flexibility index (Phi) is 7.68. The second-order valence-corrected chi connectivity index (χ2v) is 6.25. The first kappa shape index (κ1) is 17.9. The summed E-state index contributed by atoms with van der Waals surface area (Å²) < 4.78 is 0. The van der Waals surface area contributed by atoms with E-state index in [4.69, 9.17) is 5.11 Å². The summed E-state index contributed by atoms with van der Waals surface area (Å²) in [7, 11) is 0. The van der Waals surface area contributed by atoms with Gasteiger partial charge in [-0.3, -0.25) is 9.59 Å². The highest BCUT2D eigenvalue weighted by Crippen LogP contribution is 2.09. The number of carbonyl (C=O) groups excluding carboxylic acids is 1. The van der Waals surface area contributed by atoms with Crippen molar-refractivity contribution in [2.45, 2.75) is 65.5 Å². The Morgan fingerprint density at radius 2 is 1.74 bits per heavy atom. The van der Waals surface area contributed by atoms with E-state index in [9.17, 15) is 9.59 Å². The highest BCUT2D eigenvalue weighted by molar-refractivity contribution is 5.78. The molecule has 2 unspecified atom stereocenters. The van der Waals surface area contributed by atoms with Crippen LogP contribution >= 0.6 is 0 Å². The largest absolute Gasteiger partial charge is 0.481 e. The lowest BCUT2D eigenvalue weighted by Crippen LogP contribution is -2.46. The summed E-state index contributed by atoms with van der Waals surface area (Å²) in [5.74, 6) is -1.06. The predicted molar refractivity (Wildman–Crippen MR) is 76.0 cm³/mol. The van der Waals surface area contributed by atoms with Crippen molar-refractivity contribution in [2.24, 2.45) is 5.92 Å². The quantitative estimate of drug-likeness (QED) is 0.629. The van der Waals surface area contributed by atoms with Gasteiger partial charge >= 0.3 is 5.97 Å². The van der Waals surface area contributed by atoms with E-state index in [1.807, 2.05) is 27.7 Å². The first-order valence-electron chi connectivity index (χ1n) is 6.89. The average Bonchev–Trinajstić information content (AvgIpc) is 2.23. The Labute approximate surface area is 116 Å². The van der Waals surface area contributed by atoms with Crippen molar-refractivity contribution >= 4 is 11.9 Å². The molecule has 0 aromatic carbocycles. The lowest BCUT2D eigenvalue weighted by Gasteiger charge is -2.21. The van der Waals surface area contributed by atoms with Crippen molar-refractivity contribution in [2.75, 3.05) is 6.54 Å². The van der Waals surface area contributed by atoms with Gasteiger partial charge in [0, 0.05) is 11.6 Å². The molecule has 0 radical (unpaired) electrons. The number of nitrogens with one attached hydrogen (secondary N) is 2. The van der Waals surface area contributed by atoms with Crippen molar-refractivity contribution in [1.82, 2.24) is 10.6 Å². The summed E-state index contributed by atoms with van der Waals surface area (Å²) in [6.07, 6.45) is 2.40. The Morgan fingerprint density at radius 3 is 2.21 bits per heavy atom. The Hall–Kier alpha value is -1.10. The third-order valence-corrected chi connectivity index (χ3v) is 2.82. The second-order valence-electron chi connectivity index (χ2n) is 6.25. The molecule has 0 spiro atoms. The molecule has 1 amide bonds. The third kappa shape index (κ3) is 10.5. The van der Waals surface area contributed by atoms with Crippen LogP contribution in [0.15, 0.2) is 0 Å².